The number of rotatable bonds is 5. The van der Waals surface area contributed by atoms with E-state index in [1.54, 1.807) is 17.6 Å². The van der Waals surface area contributed by atoms with E-state index in [1.165, 1.54) is 5.69 Å². The van der Waals surface area contributed by atoms with Gasteiger partial charge in [-0.05, 0) is 6.92 Å². The van der Waals surface area contributed by atoms with Gasteiger partial charge < -0.3 is 5.32 Å². The third kappa shape index (κ3) is 2.50. The van der Waals surface area contributed by atoms with Gasteiger partial charge >= 0.3 is 0 Å². The second-order valence-corrected chi connectivity index (χ2v) is 6.08. The number of nitrogens with zero attached hydrogens (tertiary/aromatic N) is 2. The molecule has 0 saturated carbocycles. The molecule has 0 fully saturated rings. The summed E-state index contributed by atoms with van der Waals surface area (Å²) < 4.78 is 13.0. The van der Waals surface area contributed by atoms with Crippen molar-refractivity contribution in [1.82, 2.24) is 14.7 Å². The first-order chi connectivity index (χ1) is 7.68. The Bertz CT molecular complexity index is 503. The molecule has 2 aromatic heterocycles. The number of fused-ring (bicyclic) bond motifs is 1. The molecular formula is C10H15N3OS2. The van der Waals surface area contributed by atoms with E-state index in [9.17, 15) is 4.21 Å². The van der Waals surface area contributed by atoms with Crippen molar-refractivity contribution < 1.29 is 4.21 Å². The Morgan fingerprint density at radius 3 is 3.19 bits per heavy atom. The summed E-state index contributed by atoms with van der Waals surface area (Å²) in [4.78, 5) is 5.50. The Kier molecular flexibility index (Phi) is 3.73. The normalized spacial score (nSPS) is 13.4. The highest BCUT2D eigenvalue weighted by molar-refractivity contribution is 7.84. The molecule has 0 spiro atoms. The van der Waals surface area contributed by atoms with E-state index in [4.69, 9.17) is 0 Å². The Morgan fingerprint density at radius 2 is 2.44 bits per heavy atom. The average molecular weight is 257 g/mol. The number of hydrogen-bond donors (Lipinski definition) is 1. The Labute approximate surface area is 101 Å². The quantitative estimate of drug-likeness (QED) is 0.818. The molecule has 2 aromatic rings. The van der Waals surface area contributed by atoms with Gasteiger partial charge in [0.25, 0.3) is 0 Å². The van der Waals surface area contributed by atoms with Crippen molar-refractivity contribution in [2.45, 2.75) is 13.5 Å². The van der Waals surface area contributed by atoms with Crippen molar-refractivity contribution in [3.8, 4) is 0 Å². The number of aromatic nitrogens is 2. The molecule has 0 radical (unpaired) electrons. The van der Waals surface area contributed by atoms with Crippen molar-refractivity contribution in [1.29, 1.82) is 0 Å². The fourth-order valence-electron chi connectivity index (χ4n) is 1.58. The Balaban J connectivity index is 2.00. The maximum absolute atomic E-state index is 10.9. The van der Waals surface area contributed by atoms with Gasteiger partial charge in [0, 0.05) is 47.5 Å². The molecule has 16 heavy (non-hydrogen) atoms. The van der Waals surface area contributed by atoms with E-state index < -0.39 is 10.8 Å². The van der Waals surface area contributed by atoms with Crippen molar-refractivity contribution in [2.75, 3.05) is 18.6 Å². The lowest BCUT2D eigenvalue weighted by Crippen LogP contribution is -2.20. The Morgan fingerprint density at radius 1 is 1.62 bits per heavy atom. The monoisotopic (exact) mass is 257 g/mol. The highest BCUT2D eigenvalue weighted by Crippen LogP contribution is 2.16. The van der Waals surface area contributed by atoms with Crippen LogP contribution in [0.1, 0.15) is 11.4 Å². The van der Waals surface area contributed by atoms with Crippen LogP contribution in [0.4, 0.5) is 0 Å². The molecule has 4 nitrogen and oxygen atoms in total. The number of imidazole rings is 1. The molecule has 2 heterocycles. The van der Waals surface area contributed by atoms with E-state index in [0.29, 0.717) is 5.75 Å². The van der Waals surface area contributed by atoms with Gasteiger partial charge in [0.05, 0.1) is 11.4 Å². The molecule has 0 aliphatic rings. The largest absolute Gasteiger partial charge is 0.310 e. The minimum atomic E-state index is -0.721. The number of nitrogens with one attached hydrogen (secondary N) is 1. The van der Waals surface area contributed by atoms with E-state index in [0.717, 1.165) is 23.7 Å². The standard InChI is InChI=1S/C10H15N3OS2/c1-8-9(7-11-3-6-16(2)14)13-4-5-15-10(13)12-8/h4-5,11H,3,6-7H2,1-2H3. The minimum absolute atomic E-state index is 0.699. The summed E-state index contributed by atoms with van der Waals surface area (Å²) in [7, 11) is -0.721. The lowest BCUT2D eigenvalue weighted by atomic mass is 10.3. The van der Waals surface area contributed by atoms with Crippen LogP contribution in [0, 0.1) is 6.92 Å². The topological polar surface area (TPSA) is 46.4 Å². The van der Waals surface area contributed by atoms with Crippen LogP contribution in [-0.2, 0) is 17.3 Å². The van der Waals surface area contributed by atoms with E-state index in [1.807, 2.05) is 18.5 Å². The summed E-state index contributed by atoms with van der Waals surface area (Å²) >= 11 is 1.64. The first-order valence-corrected chi connectivity index (χ1v) is 7.71. The van der Waals surface area contributed by atoms with Gasteiger partial charge in [-0.15, -0.1) is 11.3 Å². The lowest BCUT2D eigenvalue weighted by molar-refractivity contribution is 0.672. The van der Waals surface area contributed by atoms with E-state index in [2.05, 4.69) is 14.7 Å². The first-order valence-electron chi connectivity index (χ1n) is 5.10. The van der Waals surface area contributed by atoms with Gasteiger partial charge in [0.15, 0.2) is 4.96 Å². The molecule has 0 saturated heterocycles. The molecule has 1 N–H and O–H groups in total. The second-order valence-electron chi connectivity index (χ2n) is 3.65. The zero-order valence-corrected chi connectivity index (χ0v) is 11.0. The Hall–Kier alpha value is -0.720. The molecule has 0 bridgehead atoms. The van der Waals surface area contributed by atoms with Gasteiger partial charge in [0.2, 0.25) is 0 Å². The zero-order valence-electron chi connectivity index (χ0n) is 9.40. The third-order valence-corrected chi connectivity index (χ3v) is 3.96. The van der Waals surface area contributed by atoms with Gasteiger partial charge in [-0.1, -0.05) is 0 Å². The second kappa shape index (κ2) is 5.07. The van der Waals surface area contributed by atoms with Gasteiger partial charge in [0.1, 0.15) is 0 Å². The summed E-state index contributed by atoms with van der Waals surface area (Å²) in [6, 6.07) is 0. The number of hydrogen-bond acceptors (Lipinski definition) is 4. The molecule has 0 amide bonds. The fourth-order valence-corrected chi connectivity index (χ4v) is 2.79. The summed E-state index contributed by atoms with van der Waals surface area (Å²) in [5, 5.41) is 5.33. The fraction of sp³-hybridized carbons (Fsp3) is 0.500. The smallest absolute Gasteiger partial charge is 0.194 e. The lowest BCUT2D eigenvalue weighted by Gasteiger charge is -2.03. The van der Waals surface area contributed by atoms with Crippen LogP contribution >= 0.6 is 11.3 Å². The molecule has 0 aliphatic heterocycles. The van der Waals surface area contributed by atoms with Gasteiger partial charge in [-0.2, -0.15) is 0 Å². The van der Waals surface area contributed by atoms with Crippen LogP contribution in [-0.4, -0.2) is 32.1 Å². The maximum Gasteiger partial charge on any atom is 0.194 e. The maximum atomic E-state index is 10.9. The van der Waals surface area contributed by atoms with Crippen molar-refractivity contribution in [2.24, 2.45) is 0 Å². The van der Waals surface area contributed by atoms with Crippen LogP contribution in [0.2, 0.25) is 0 Å². The zero-order chi connectivity index (χ0) is 11.5. The SMILES string of the molecule is Cc1nc2sccn2c1CNCCS(C)=O. The first kappa shape index (κ1) is 11.8. The third-order valence-electron chi connectivity index (χ3n) is 2.42. The van der Waals surface area contributed by atoms with Crippen LogP contribution in [0.15, 0.2) is 11.6 Å². The van der Waals surface area contributed by atoms with Gasteiger partial charge in [-0.3, -0.25) is 8.61 Å². The summed E-state index contributed by atoms with van der Waals surface area (Å²) in [6.45, 7) is 3.58. The number of aryl methyl sites for hydroxylation is 1. The van der Waals surface area contributed by atoms with Crippen molar-refractivity contribution >= 4 is 27.1 Å². The van der Waals surface area contributed by atoms with E-state index in [-0.39, 0.29) is 0 Å². The predicted octanol–water partition coefficient (Wildman–Crippen LogP) is 1.17. The highest BCUT2D eigenvalue weighted by atomic mass is 32.2. The molecular weight excluding hydrogens is 242 g/mol. The molecule has 88 valence electrons. The average Bonchev–Trinajstić information content (AvgIpc) is 2.74. The summed E-state index contributed by atoms with van der Waals surface area (Å²) in [5.74, 6) is 0.699. The van der Waals surface area contributed by atoms with Crippen molar-refractivity contribution in [3.05, 3.63) is 23.0 Å². The van der Waals surface area contributed by atoms with Gasteiger partial charge in [-0.25, -0.2) is 4.98 Å². The molecule has 6 heteroatoms. The molecule has 1 unspecified atom stereocenters. The minimum Gasteiger partial charge on any atom is -0.310 e. The highest BCUT2D eigenvalue weighted by Gasteiger charge is 2.08. The predicted molar refractivity (Wildman–Crippen MR) is 68.4 cm³/mol. The van der Waals surface area contributed by atoms with E-state index >= 15 is 0 Å². The molecule has 1 atom stereocenters. The van der Waals surface area contributed by atoms with Crippen LogP contribution in [0.5, 0.6) is 0 Å². The van der Waals surface area contributed by atoms with Crippen LogP contribution in [0.3, 0.4) is 0 Å². The molecule has 0 aliphatic carbocycles. The summed E-state index contributed by atoms with van der Waals surface area (Å²) in [6.07, 6.45) is 3.76. The van der Waals surface area contributed by atoms with Crippen molar-refractivity contribution in [3.63, 3.8) is 0 Å². The number of thiazole rings is 1. The van der Waals surface area contributed by atoms with Crippen LogP contribution < -0.4 is 5.32 Å². The van der Waals surface area contributed by atoms with Crippen LogP contribution in [0.25, 0.3) is 4.96 Å². The molecule has 0 aromatic carbocycles. The summed E-state index contributed by atoms with van der Waals surface area (Å²) in [5.41, 5.74) is 2.26. The molecule has 2 rings (SSSR count).